The van der Waals surface area contributed by atoms with Gasteiger partial charge in [0.15, 0.2) is 0 Å². The molecule has 4 aliphatic carbocycles. The summed E-state index contributed by atoms with van der Waals surface area (Å²) in [6.45, 7) is 4.52. The lowest BCUT2D eigenvalue weighted by Gasteiger charge is -2.32. The normalized spacial score (nSPS) is 15.8. The number of hydrogen-bond donors (Lipinski definition) is 0. The maximum Gasteiger partial charge on any atom is 0.0546 e. The zero-order valence-electron chi connectivity index (χ0n) is 36.8. The summed E-state index contributed by atoms with van der Waals surface area (Å²) < 4.78 is 0. The molecule has 0 fully saturated rings. The van der Waals surface area contributed by atoms with Gasteiger partial charge in [-0.25, -0.2) is 0 Å². The van der Waals surface area contributed by atoms with Crippen molar-refractivity contribution in [2.75, 3.05) is 9.80 Å². The fourth-order valence-electron chi connectivity index (χ4n) is 11.9. The fourth-order valence-corrected chi connectivity index (χ4v) is 11.9. The van der Waals surface area contributed by atoms with Gasteiger partial charge in [0, 0.05) is 33.5 Å². The maximum atomic E-state index is 2.62. The topological polar surface area (TPSA) is 6.48 Å². The molecule has 8 aromatic rings. The molecule has 0 amide bonds. The number of aryl methyl sites for hydroxylation is 10. The summed E-state index contributed by atoms with van der Waals surface area (Å²) in [6, 6.07) is 49.0. The monoisotopic (exact) mass is 806 g/mol. The van der Waals surface area contributed by atoms with Crippen LogP contribution in [0.4, 0.5) is 34.1 Å². The molecule has 0 atom stereocenters. The number of benzene rings is 8. The van der Waals surface area contributed by atoms with Gasteiger partial charge in [0.1, 0.15) is 0 Å². The Kier molecular flexibility index (Phi) is 9.46. The first-order valence-electron chi connectivity index (χ1n) is 24.0. The molecule has 0 bridgehead atoms. The zero-order valence-corrected chi connectivity index (χ0v) is 36.8. The molecule has 0 N–H and O–H groups in total. The Labute approximate surface area is 368 Å². The molecule has 62 heavy (non-hydrogen) atoms. The van der Waals surface area contributed by atoms with Gasteiger partial charge >= 0.3 is 0 Å². The van der Waals surface area contributed by atoms with Gasteiger partial charge in [-0.3, -0.25) is 0 Å². The second-order valence-electron chi connectivity index (χ2n) is 19.3. The summed E-state index contributed by atoms with van der Waals surface area (Å²) in [5.74, 6) is 0. The number of nitrogens with zero attached hydrogens (tertiary/aromatic N) is 2. The lowest BCUT2D eigenvalue weighted by atomic mass is 9.89. The van der Waals surface area contributed by atoms with E-state index in [1.165, 1.54) is 199 Å². The van der Waals surface area contributed by atoms with Gasteiger partial charge in [-0.15, -0.1) is 0 Å². The third-order valence-electron chi connectivity index (χ3n) is 15.2. The SMILES string of the molecule is Cc1ccc2c(c1)c(N(c1ccc3c(c1)CCCC3)c1ccc3c(c1)CCCC3)cc1c3ccc(C)cc3c(N(c3ccc4c(c3)CCCC4)c3ccc4c(c3)CCCC4)cc21. The lowest BCUT2D eigenvalue weighted by Crippen LogP contribution is -2.15. The highest BCUT2D eigenvalue weighted by molar-refractivity contribution is 6.24. The standard InChI is InChI=1S/C60H58N2/c1-39-19-29-53-55-38-60(62(51-27-23-43-13-5-9-17-47(43)35-51)52-28-24-44-14-6-10-18-48(44)36-52)58-32-40(2)20-30-54(58)56(55)37-59(57(53)31-39)61(49-25-21-41-11-3-7-15-45(41)33-49)50-26-22-42-12-4-8-16-46(42)34-50/h19-38H,3-18H2,1-2H3. The van der Waals surface area contributed by atoms with Crippen molar-refractivity contribution in [2.24, 2.45) is 0 Å². The van der Waals surface area contributed by atoms with Gasteiger partial charge in [-0.1, -0.05) is 59.7 Å². The Bertz CT molecular complexity index is 2750. The van der Waals surface area contributed by atoms with E-state index in [0.717, 1.165) is 25.7 Å². The van der Waals surface area contributed by atoms with Crippen LogP contribution in [-0.2, 0) is 51.4 Å². The Morgan fingerprint density at radius 3 is 0.855 bits per heavy atom. The third kappa shape index (κ3) is 6.61. The van der Waals surface area contributed by atoms with E-state index in [-0.39, 0.29) is 0 Å². The van der Waals surface area contributed by atoms with Gasteiger partial charge in [0.05, 0.1) is 11.4 Å². The summed E-state index contributed by atoms with van der Waals surface area (Å²) >= 11 is 0. The first kappa shape index (κ1) is 37.9. The van der Waals surface area contributed by atoms with E-state index < -0.39 is 0 Å². The van der Waals surface area contributed by atoms with Crippen molar-refractivity contribution in [3.05, 3.63) is 177 Å². The first-order chi connectivity index (χ1) is 30.5. The minimum Gasteiger partial charge on any atom is -0.310 e. The average Bonchev–Trinajstić information content (AvgIpc) is 3.31. The highest BCUT2D eigenvalue weighted by atomic mass is 15.2. The van der Waals surface area contributed by atoms with Crippen molar-refractivity contribution >= 4 is 66.4 Å². The highest BCUT2D eigenvalue weighted by Gasteiger charge is 2.26. The summed E-state index contributed by atoms with van der Waals surface area (Å²) in [7, 11) is 0. The molecule has 4 aliphatic rings. The highest BCUT2D eigenvalue weighted by Crippen LogP contribution is 2.49. The molecule has 0 heterocycles. The third-order valence-corrected chi connectivity index (χ3v) is 15.2. The van der Waals surface area contributed by atoms with E-state index in [1.54, 1.807) is 0 Å². The van der Waals surface area contributed by atoms with Crippen LogP contribution in [0, 0.1) is 13.8 Å². The summed E-state index contributed by atoms with van der Waals surface area (Å²) in [6.07, 6.45) is 19.7. The Morgan fingerprint density at radius 2 is 0.548 bits per heavy atom. The average molecular weight is 807 g/mol. The molecule has 0 saturated carbocycles. The van der Waals surface area contributed by atoms with Crippen molar-refractivity contribution in [2.45, 2.75) is 117 Å². The molecular weight excluding hydrogens is 749 g/mol. The van der Waals surface area contributed by atoms with Crippen LogP contribution in [0.2, 0.25) is 0 Å². The van der Waals surface area contributed by atoms with E-state index in [1.807, 2.05) is 0 Å². The predicted molar refractivity (Wildman–Crippen MR) is 264 cm³/mol. The zero-order chi connectivity index (χ0) is 41.3. The van der Waals surface area contributed by atoms with Crippen LogP contribution in [-0.4, -0.2) is 0 Å². The molecule has 308 valence electrons. The van der Waals surface area contributed by atoms with Crippen molar-refractivity contribution in [3.63, 3.8) is 0 Å². The second kappa shape index (κ2) is 15.5. The smallest absolute Gasteiger partial charge is 0.0546 e. The van der Waals surface area contributed by atoms with Crippen LogP contribution in [0.15, 0.2) is 121 Å². The van der Waals surface area contributed by atoms with E-state index in [0.29, 0.717) is 0 Å². The fraction of sp³-hybridized carbons (Fsp3) is 0.300. The van der Waals surface area contributed by atoms with Crippen LogP contribution in [0.5, 0.6) is 0 Å². The quantitative estimate of drug-likeness (QED) is 0.154. The van der Waals surface area contributed by atoms with Crippen LogP contribution < -0.4 is 9.80 Å². The molecule has 2 heteroatoms. The van der Waals surface area contributed by atoms with Gasteiger partial charge in [0.25, 0.3) is 0 Å². The number of anilines is 6. The molecule has 0 saturated heterocycles. The molecule has 0 aliphatic heterocycles. The van der Waals surface area contributed by atoms with Crippen molar-refractivity contribution in [1.29, 1.82) is 0 Å². The first-order valence-corrected chi connectivity index (χ1v) is 24.0. The number of hydrogen-bond acceptors (Lipinski definition) is 2. The van der Waals surface area contributed by atoms with Gasteiger partial charge in [-0.05, 0) is 255 Å². The Balaban J connectivity index is 1.14. The number of fused-ring (bicyclic) bond motifs is 9. The lowest BCUT2D eigenvalue weighted by molar-refractivity contribution is 0.685. The van der Waals surface area contributed by atoms with Crippen molar-refractivity contribution in [1.82, 2.24) is 0 Å². The van der Waals surface area contributed by atoms with E-state index in [9.17, 15) is 0 Å². The molecule has 0 radical (unpaired) electrons. The second-order valence-corrected chi connectivity index (χ2v) is 19.3. The van der Waals surface area contributed by atoms with E-state index in [2.05, 4.69) is 145 Å². The molecule has 0 spiro atoms. The summed E-state index contributed by atoms with van der Waals surface area (Å²) in [4.78, 5) is 5.23. The predicted octanol–water partition coefficient (Wildman–Crippen LogP) is 16.2. The molecule has 12 rings (SSSR count). The van der Waals surface area contributed by atoms with Gasteiger partial charge < -0.3 is 9.80 Å². The molecule has 2 nitrogen and oxygen atoms in total. The molecular formula is C60H58N2. The van der Waals surface area contributed by atoms with E-state index >= 15 is 0 Å². The minimum absolute atomic E-state index is 1.16. The Hall–Kier alpha value is -5.86. The number of rotatable bonds is 6. The maximum absolute atomic E-state index is 2.62. The van der Waals surface area contributed by atoms with Gasteiger partial charge in [-0.2, -0.15) is 0 Å². The summed E-state index contributed by atoms with van der Waals surface area (Å²) in [5, 5.41) is 7.85. The van der Waals surface area contributed by atoms with Crippen LogP contribution in [0.1, 0.15) is 107 Å². The molecule has 0 unspecified atom stereocenters. The van der Waals surface area contributed by atoms with Crippen molar-refractivity contribution < 1.29 is 0 Å². The molecule has 0 aromatic heterocycles. The van der Waals surface area contributed by atoms with Gasteiger partial charge in [0.2, 0.25) is 0 Å². The van der Waals surface area contributed by atoms with Crippen molar-refractivity contribution in [3.8, 4) is 0 Å². The van der Waals surface area contributed by atoms with Crippen LogP contribution in [0.3, 0.4) is 0 Å². The van der Waals surface area contributed by atoms with E-state index in [4.69, 9.17) is 0 Å². The molecule has 8 aromatic carbocycles. The minimum atomic E-state index is 1.16. The Morgan fingerprint density at radius 1 is 0.258 bits per heavy atom. The largest absolute Gasteiger partial charge is 0.310 e. The van der Waals surface area contributed by atoms with Crippen LogP contribution in [0.25, 0.3) is 32.3 Å². The van der Waals surface area contributed by atoms with Crippen LogP contribution >= 0.6 is 0 Å². The summed E-state index contributed by atoms with van der Waals surface area (Å²) in [5.41, 5.74) is 22.4.